The van der Waals surface area contributed by atoms with Crippen molar-refractivity contribution in [2.75, 3.05) is 5.32 Å². The van der Waals surface area contributed by atoms with Crippen LogP contribution in [-0.4, -0.2) is 15.5 Å². The molecule has 0 bridgehead atoms. The van der Waals surface area contributed by atoms with Gasteiger partial charge in [0, 0.05) is 19.2 Å². The van der Waals surface area contributed by atoms with E-state index in [1.165, 1.54) is 5.56 Å². The Morgan fingerprint density at radius 1 is 1.19 bits per heavy atom. The molecule has 1 N–H and O–H groups in total. The summed E-state index contributed by atoms with van der Waals surface area (Å²) in [7, 11) is 1.95. The molecule has 0 aliphatic rings. The molecule has 1 aromatic heterocycles. The molecule has 106 valence electrons. The number of amides is 1. The van der Waals surface area contributed by atoms with Crippen LogP contribution in [0.5, 0.6) is 0 Å². The predicted octanol–water partition coefficient (Wildman–Crippen LogP) is 3.14. The lowest BCUT2D eigenvalue weighted by Crippen LogP contribution is -2.12. The van der Waals surface area contributed by atoms with Crippen LogP contribution in [0.25, 0.3) is 11.0 Å². The lowest BCUT2D eigenvalue weighted by Gasteiger charge is -2.05. The van der Waals surface area contributed by atoms with Crippen LogP contribution in [-0.2, 0) is 18.3 Å². The molecular weight excluding hydrogens is 262 g/mol. The summed E-state index contributed by atoms with van der Waals surface area (Å²) in [5.74, 6) is 0.0223. The van der Waals surface area contributed by atoms with Gasteiger partial charge in [0.2, 0.25) is 5.91 Å². The Morgan fingerprint density at radius 3 is 2.81 bits per heavy atom. The molecule has 4 heteroatoms. The third-order valence-corrected chi connectivity index (χ3v) is 3.49. The van der Waals surface area contributed by atoms with Gasteiger partial charge in [-0.15, -0.1) is 0 Å². The second-order valence-electron chi connectivity index (χ2n) is 5.09. The lowest BCUT2D eigenvalue weighted by atomic mass is 10.1. The number of imidazole rings is 1. The molecule has 3 aromatic rings. The molecule has 0 saturated carbocycles. The molecule has 21 heavy (non-hydrogen) atoms. The van der Waals surface area contributed by atoms with Crippen molar-refractivity contribution in [3.63, 3.8) is 0 Å². The van der Waals surface area contributed by atoms with Crippen LogP contribution in [0, 0.1) is 0 Å². The highest BCUT2D eigenvalue weighted by Gasteiger charge is 2.05. The highest BCUT2D eigenvalue weighted by molar-refractivity contribution is 5.93. The fraction of sp³-hybridized carbons (Fsp3) is 0.176. The number of aryl methyl sites for hydroxylation is 2. The normalized spacial score (nSPS) is 10.7. The van der Waals surface area contributed by atoms with Gasteiger partial charge in [-0.3, -0.25) is 4.79 Å². The largest absolute Gasteiger partial charge is 0.334 e. The molecule has 0 radical (unpaired) electrons. The summed E-state index contributed by atoms with van der Waals surface area (Å²) >= 11 is 0. The van der Waals surface area contributed by atoms with Crippen molar-refractivity contribution in [1.29, 1.82) is 0 Å². The van der Waals surface area contributed by atoms with Gasteiger partial charge in [-0.1, -0.05) is 30.3 Å². The van der Waals surface area contributed by atoms with Gasteiger partial charge in [0.25, 0.3) is 0 Å². The Morgan fingerprint density at radius 2 is 2.00 bits per heavy atom. The number of carbonyl (C=O) groups excluding carboxylic acids is 1. The Hall–Kier alpha value is -2.62. The predicted molar refractivity (Wildman–Crippen MR) is 84.1 cm³/mol. The second-order valence-corrected chi connectivity index (χ2v) is 5.09. The van der Waals surface area contributed by atoms with Crippen molar-refractivity contribution in [2.24, 2.45) is 7.05 Å². The Kier molecular flexibility index (Phi) is 3.69. The zero-order valence-corrected chi connectivity index (χ0v) is 11.9. The topological polar surface area (TPSA) is 46.9 Å². The van der Waals surface area contributed by atoms with Gasteiger partial charge in [-0.2, -0.15) is 0 Å². The van der Waals surface area contributed by atoms with Crippen molar-refractivity contribution < 1.29 is 4.79 Å². The number of nitrogens with zero attached hydrogens (tertiary/aromatic N) is 2. The van der Waals surface area contributed by atoms with E-state index in [0.29, 0.717) is 6.42 Å². The highest BCUT2D eigenvalue weighted by atomic mass is 16.1. The number of hydrogen-bond acceptors (Lipinski definition) is 2. The van der Waals surface area contributed by atoms with Crippen molar-refractivity contribution >= 4 is 22.6 Å². The minimum Gasteiger partial charge on any atom is -0.334 e. The highest BCUT2D eigenvalue weighted by Crippen LogP contribution is 2.17. The van der Waals surface area contributed by atoms with E-state index < -0.39 is 0 Å². The summed E-state index contributed by atoms with van der Waals surface area (Å²) in [6.45, 7) is 0. The smallest absolute Gasteiger partial charge is 0.224 e. The Labute approximate surface area is 123 Å². The zero-order chi connectivity index (χ0) is 14.7. The molecule has 1 heterocycles. The number of nitrogens with one attached hydrogen (secondary N) is 1. The number of hydrogen-bond donors (Lipinski definition) is 1. The summed E-state index contributed by atoms with van der Waals surface area (Å²) in [4.78, 5) is 16.3. The summed E-state index contributed by atoms with van der Waals surface area (Å²) in [5, 5.41) is 2.93. The quantitative estimate of drug-likeness (QED) is 0.797. The number of aromatic nitrogens is 2. The SMILES string of the molecule is Cn1cnc2cc(NC(=O)CCc3ccccc3)ccc21. The van der Waals surface area contributed by atoms with Crippen molar-refractivity contribution in [2.45, 2.75) is 12.8 Å². The average Bonchev–Trinajstić information content (AvgIpc) is 2.87. The van der Waals surface area contributed by atoms with Gasteiger partial charge in [-0.25, -0.2) is 4.98 Å². The van der Waals surface area contributed by atoms with Gasteiger partial charge in [0.1, 0.15) is 0 Å². The molecule has 3 rings (SSSR count). The second kappa shape index (κ2) is 5.79. The minimum absolute atomic E-state index is 0.0223. The number of rotatable bonds is 4. The van der Waals surface area contributed by atoms with Crippen molar-refractivity contribution in [3.05, 3.63) is 60.4 Å². The molecule has 0 unspecified atom stereocenters. The summed E-state index contributed by atoms with van der Waals surface area (Å²) in [6, 6.07) is 15.8. The third kappa shape index (κ3) is 3.11. The first kappa shape index (κ1) is 13.4. The molecule has 0 saturated heterocycles. The van der Waals surface area contributed by atoms with E-state index in [1.54, 1.807) is 6.33 Å². The van der Waals surface area contributed by atoms with E-state index >= 15 is 0 Å². The molecule has 2 aromatic carbocycles. The number of carbonyl (C=O) groups is 1. The van der Waals surface area contributed by atoms with E-state index in [2.05, 4.69) is 10.3 Å². The molecule has 4 nitrogen and oxygen atoms in total. The van der Waals surface area contributed by atoms with Gasteiger partial charge in [0.05, 0.1) is 17.4 Å². The maximum Gasteiger partial charge on any atom is 0.224 e. The number of benzene rings is 2. The Bertz CT molecular complexity index is 762. The van der Waals surface area contributed by atoms with E-state index in [-0.39, 0.29) is 5.91 Å². The minimum atomic E-state index is 0.0223. The molecule has 0 atom stereocenters. The van der Waals surface area contributed by atoms with E-state index in [4.69, 9.17) is 0 Å². The molecule has 0 spiro atoms. The molecule has 0 aliphatic heterocycles. The van der Waals surface area contributed by atoms with Crippen LogP contribution < -0.4 is 5.32 Å². The molecule has 1 amide bonds. The molecule has 0 fully saturated rings. The summed E-state index contributed by atoms with van der Waals surface area (Å²) < 4.78 is 1.95. The standard InChI is InChI=1S/C17H17N3O/c1-20-12-18-15-11-14(8-9-16(15)20)19-17(21)10-7-13-5-3-2-4-6-13/h2-6,8-9,11-12H,7,10H2,1H3,(H,19,21). The van der Waals surface area contributed by atoms with Gasteiger partial charge >= 0.3 is 0 Å². The van der Waals surface area contributed by atoms with E-state index in [1.807, 2.05) is 60.1 Å². The van der Waals surface area contributed by atoms with Crippen LogP contribution >= 0.6 is 0 Å². The first-order chi connectivity index (χ1) is 10.2. The zero-order valence-electron chi connectivity index (χ0n) is 11.9. The van der Waals surface area contributed by atoms with Crippen LogP contribution in [0.4, 0.5) is 5.69 Å². The van der Waals surface area contributed by atoms with Crippen molar-refractivity contribution in [1.82, 2.24) is 9.55 Å². The fourth-order valence-corrected chi connectivity index (χ4v) is 2.34. The Balaban J connectivity index is 1.63. The van der Waals surface area contributed by atoms with Crippen LogP contribution in [0.1, 0.15) is 12.0 Å². The van der Waals surface area contributed by atoms with Crippen LogP contribution in [0.15, 0.2) is 54.9 Å². The number of anilines is 1. The first-order valence-corrected chi connectivity index (χ1v) is 6.97. The van der Waals surface area contributed by atoms with Gasteiger partial charge < -0.3 is 9.88 Å². The summed E-state index contributed by atoms with van der Waals surface area (Å²) in [6.07, 6.45) is 2.99. The van der Waals surface area contributed by atoms with Gasteiger partial charge in [-0.05, 0) is 30.2 Å². The van der Waals surface area contributed by atoms with Crippen LogP contribution in [0.3, 0.4) is 0 Å². The maximum absolute atomic E-state index is 12.0. The monoisotopic (exact) mass is 279 g/mol. The van der Waals surface area contributed by atoms with E-state index in [0.717, 1.165) is 23.1 Å². The van der Waals surface area contributed by atoms with E-state index in [9.17, 15) is 4.79 Å². The maximum atomic E-state index is 12.0. The fourth-order valence-electron chi connectivity index (χ4n) is 2.34. The molecular formula is C17H17N3O. The lowest BCUT2D eigenvalue weighted by molar-refractivity contribution is -0.116. The third-order valence-electron chi connectivity index (χ3n) is 3.49. The van der Waals surface area contributed by atoms with Gasteiger partial charge in [0.15, 0.2) is 0 Å². The average molecular weight is 279 g/mol. The van der Waals surface area contributed by atoms with Crippen molar-refractivity contribution in [3.8, 4) is 0 Å². The summed E-state index contributed by atoms with van der Waals surface area (Å²) in [5.41, 5.74) is 3.91. The first-order valence-electron chi connectivity index (χ1n) is 6.97. The van der Waals surface area contributed by atoms with Crippen LogP contribution in [0.2, 0.25) is 0 Å². The molecule has 0 aliphatic carbocycles. The number of fused-ring (bicyclic) bond motifs is 1.